The van der Waals surface area contributed by atoms with Crippen molar-refractivity contribution in [1.29, 1.82) is 0 Å². The summed E-state index contributed by atoms with van der Waals surface area (Å²) in [5.41, 5.74) is -0.829. The third-order valence-electron chi connectivity index (χ3n) is 4.31. The molecule has 1 aliphatic heterocycles. The first kappa shape index (κ1) is 26.4. The number of anilines is 1. The topological polar surface area (TPSA) is 113 Å². The minimum Gasteiger partial charge on any atom is -0.479 e. The van der Waals surface area contributed by atoms with E-state index < -0.39 is 47.9 Å². The molecule has 8 nitrogen and oxygen atoms in total. The Morgan fingerprint density at radius 1 is 1.14 bits per heavy atom. The number of benzene rings is 2. The zero-order valence-electron chi connectivity index (χ0n) is 17.2. The van der Waals surface area contributed by atoms with Crippen LogP contribution in [0.15, 0.2) is 41.3 Å². The molecule has 2 N–H and O–H groups in total. The highest BCUT2D eigenvalue weighted by atomic mass is 35.5. The van der Waals surface area contributed by atoms with Gasteiger partial charge in [-0.05, 0) is 53.7 Å². The van der Waals surface area contributed by atoms with Gasteiger partial charge in [0.05, 0.1) is 20.5 Å². The molecule has 0 aliphatic carbocycles. The number of carboxylic acid groups (broad SMARTS) is 1. The Kier molecular flexibility index (Phi) is 7.98. The van der Waals surface area contributed by atoms with E-state index in [1.165, 1.54) is 24.3 Å². The second-order valence-corrected chi connectivity index (χ2v) is 8.70. The standard InChI is InChI=1S/C21H13Cl2F3N2O6S/c22-13-4-10(5-14(23)18(13)34-9-17(30)31)6-15-19(32)28(20(33)35-15)8-16(29)27-12-3-1-2-11(7-12)21(24,25)26/h1-7H,8-9H2,(H,27,29)(H,30,31)/b15-6-. The number of carbonyl (C=O) groups is 4. The van der Waals surface area contributed by atoms with Gasteiger partial charge < -0.3 is 15.2 Å². The van der Waals surface area contributed by atoms with Crippen LogP contribution in [0.1, 0.15) is 11.1 Å². The molecule has 14 heteroatoms. The summed E-state index contributed by atoms with van der Waals surface area (Å²) in [5.74, 6) is -3.00. The third kappa shape index (κ3) is 6.68. The van der Waals surface area contributed by atoms with Gasteiger partial charge in [-0.25, -0.2) is 4.79 Å². The Balaban J connectivity index is 1.71. The molecular formula is C21H13Cl2F3N2O6S. The molecule has 0 saturated carbocycles. The predicted molar refractivity (Wildman–Crippen MR) is 122 cm³/mol. The lowest BCUT2D eigenvalue weighted by Crippen LogP contribution is -2.36. The molecular weight excluding hydrogens is 536 g/mol. The molecule has 35 heavy (non-hydrogen) atoms. The van der Waals surface area contributed by atoms with Crippen molar-refractivity contribution < 1.29 is 42.2 Å². The molecule has 1 aliphatic rings. The van der Waals surface area contributed by atoms with Crippen molar-refractivity contribution in [1.82, 2.24) is 4.90 Å². The van der Waals surface area contributed by atoms with Gasteiger partial charge in [0.15, 0.2) is 12.4 Å². The Bertz CT molecular complexity index is 1230. The largest absolute Gasteiger partial charge is 0.479 e. The van der Waals surface area contributed by atoms with Gasteiger partial charge >= 0.3 is 12.1 Å². The van der Waals surface area contributed by atoms with Gasteiger partial charge in [0, 0.05) is 5.69 Å². The number of nitrogens with zero attached hydrogens (tertiary/aromatic N) is 1. The van der Waals surface area contributed by atoms with Crippen molar-refractivity contribution in [3.63, 3.8) is 0 Å². The average molecular weight is 549 g/mol. The van der Waals surface area contributed by atoms with Crippen molar-refractivity contribution in [2.45, 2.75) is 6.18 Å². The van der Waals surface area contributed by atoms with E-state index in [0.717, 1.165) is 18.2 Å². The monoisotopic (exact) mass is 548 g/mol. The lowest BCUT2D eigenvalue weighted by atomic mass is 10.2. The number of thioether (sulfide) groups is 1. The Labute approximate surface area is 209 Å². The van der Waals surface area contributed by atoms with Crippen LogP contribution in [0.4, 0.5) is 23.7 Å². The van der Waals surface area contributed by atoms with E-state index in [0.29, 0.717) is 22.2 Å². The van der Waals surface area contributed by atoms with E-state index in [4.69, 9.17) is 33.0 Å². The summed E-state index contributed by atoms with van der Waals surface area (Å²) in [5, 5.41) is 10.1. The van der Waals surface area contributed by atoms with Gasteiger partial charge in [-0.1, -0.05) is 29.3 Å². The maximum atomic E-state index is 12.8. The zero-order valence-corrected chi connectivity index (χ0v) is 19.5. The summed E-state index contributed by atoms with van der Waals surface area (Å²) in [6.07, 6.45) is -3.32. The van der Waals surface area contributed by atoms with Crippen molar-refractivity contribution in [3.05, 3.63) is 62.5 Å². The Morgan fingerprint density at radius 3 is 2.40 bits per heavy atom. The molecule has 0 spiro atoms. The summed E-state index contributed by atoms with van der Waals surface area (Å²) < 4.78 is 43.5. The second kappa shape index (κ2) is 10.6. The molecule has 1 saturated heterocycles. The molecule has 0 bridgehead atoms. The zero-order chi connectivity index (χ0) is 25.9. The van der Waals surface area contributed by atoms with Gasteiger partial charge in [-0.15, -0.1) is 0 Å². The minimum atomic E-state index is -4.61. The predicted octanol–water partition coefficient (Wildman–Crippen LogP) is 5.15. The van der Waals surface area contributed by atoms with Crippen molar-refractivity contribution in [2.75, 3.05) is 18.5 Å². The maximum absolute atomic E-state index is 12.8. The lowest BCUT2D eigenvalue weighted by molar-refractivity contribution is -0.139. The number of rotatable bonds is 7. The Morgan fingerprint density at radius 2 is 1.80 bits per heavy atom. The molecule has 0 aromatic heterocycles. The van der Waals surface area contributed by atoms with E-state index in [1.807, 2.05) is 0 Å². The highest BCUT2D eigenvalue weighted by molar-refractivity contribution is 8.18. The maximum Gasteiger partial charge on any atom is 0.416 e. The fourth-order valence-electron chi connectivity index (χ4n) is 2.84. The summed E-state index contributed by atoms with van der Waals surface area (Å²) in [4.78, 5) is 48.4. The number of halogens is 5. The lowest BCUT2D eigenvalue weighted by Gasteiger charge is -2.13. The van der Waals surface area contributed by atoms with Crippen LogP contribution >= 0.6 is 35.0 Å². The van der Waals surface area contributed by atoms with Crippen LogP contribution in [-0.4, -0.2) is 46.2 Å². The molecule has 3 rings (SSSR count). The number of hydrogen-bond donors (Lipinski definition) is 2. The number of carbonyl (C=O) groups excluding carboxylic acids is 3. The molecule has 2 aromatic carbocycles. The van der Waals surface area contributed by atoms with Crippen LogP contribution in [0.5, 0.6) is 5.75 Å². The van der Waals surface area contributed by atoms with Crippen LogP contribution in [-0.2, 0) is 20.6 Å². The highest BCUT2D eigenvalue weighted by Crippen LogP contribution is 2.37. The number of amides is 3. The number of carboxylic acids is 1. The molecule has 1 heterocycles. The summed E-state index contributed by atoms with van der Waals surface area (Å²) >= 11 is 12.7. The van der Waals surface area contributed by atoms with Crippen molar-refractivity contribution in [3.8, 4) is 5.75 Å². The molecule has 184 valence electrons. The fraction of sp³-hybridized carbons (Fsp3) is 0.143. The first-order valence-corrected chi connectivity index (χ1v) is 11.0. The number of hydrogen-bond acceptors (Lipinski definition) is 6. The number of ether oxygens (including phenoxy) is 1. The number of nitrogens with one attached hydrogen (secondary N) is 1. The van der Waals surface area contributed by atoms with Gasteiger partial charge in [0.1, 0.15) is 6.54 Å². The van der Waals surface area contributed by atoms with E-state index in [1.54, 1.807) is 0 Å². The molecule has 0 radical (unpaired) electrons. The first-order chi connectivity index (χ1) is 16.3. The normalized spacial score (nSPS) is 15.0. The van der Waals surface area contributed by atoms with E-state index in [2.05, 4.69) is 5.32 Å². The molecule has 0 atom stereocenters. The van der Waals surface area contributed by atoms with E-state index >= 15 is 0 Å². The molecule has 2 aromatic rings. The SMILES string of the molecule is O=C(O)COc1c(Cl)cc(/C=C2\SC(=O)N(CC(=O)Nc3cccc(C(F)(F)F)c3)C2=O)cc1Cl. The summed E-state index contributed by atoms with van der Waals surface area (Å²) in [6, 6.07) is 6.56. The smallest absolute Gasteiger partial charge is 0.416 e. The van der Waals surface area contributed by atoms with Crippen molar-refractivity contribution >= 4 is 69.8 Å². The average Bonchev–Trinajstić information content (AvgIpc) is 2.99. The van der Waals surface area contributed by atoms with Gasteiger partial charge in [-0.3, -0.25) is 19.3 Å². The summed E-state index contributed by atoms with van der Waals surface area (Å²) in [7, 11) is 0. The first-order valence-electron chi connectivity index (χ1n) is 9.41. The molecule has 1 fully saturated rings. The van der Waals surface area contributed by atoms with E-state index in [-0.39, 0.29) is 26.4 Å². The van der Waals surface area contributed by atoms with Gasteiger partial charge in [-0.2, -0.15) is 13.2 Å². The third-order valence-corrected chi connectivity index (χ3v) is 5.78. The van der Waals surface area contributed by atoms with Crippen LogP contribution in [0, 0.1) is 0 Å². The number of alkyl halides is 3. The molecule has 0 unspecified atom stereocenters. The quantitative estimate of drug-likeness (QED) is 0.460. The Hall–Kier alpha value is -3.22. The fourth-order valence-corrected chi connectivity index (χ4v) is 4.29. The van der Waals surface area contributed by atoms with Crippen LogP contribution in [0.2, 0.25) is 10.0 Å². The van der Waals surface area contributed by atoms with Crippen LogP contribution < -0.4 is 10.1 Å². The number of aliphatic carboxylic acids is 1. The minimum absolute atomic E-state index is 0.0373. The number of imide groups is 1. The van der Waals surface area contributed by atoms with Crippen molar-refractivity contribution in [2.24, 2.45) is 0 Å². The van der Waals surface area contributed by atoms with E-state index in [9.17, 15) is 32.3 Å². The molecule has 3 amide bonds. The second-order valence-electron chi connectivity index (χ2n) is 6.89. The van der Waals surface area contributed by atoms with Crippen LogP contribution in [0.25, 0.3) is 6.08 Å². The van der Waals surface area contributed by atoms with Crippen LogP contribution in [0.3, 0.4) is 0 Å². The highest BCUT2D eigenvalue weighted by Gasteiger charge is 2.36. The van der Waals surface area contributed by atoms with Gasteiger partial charge in [0.2, 0.25) is 5.91 Å². The summed E-state index contributed by atoms with van der Waals surface area (Å²) in [6.45, 7) is -1.40. The van der Waals surface area contributed by atoms with Gasteiger partial charge in [0.25, 0.3) is 11.1 Å².